The van der Waals surface area contributed by atoms with Crippen LogP contribution in [0.1, 0.15) is 69.8 Å². The maximum Gasteiger partial charge on any atom is 0.333 e. The molecule has 2 unspecified atom stereocenters. The number of ether oxygens (including phenoxy) is 5. The van der Waals surface area contributed by atoms with E-state index in [9.17, 15) is 15.0 Å². The molecule has 8 aliphatic rings. The molecule has 12 rings (SSSR count). The molecular formula is C42H47N5O9S. The van der Waals surface area contributed by atoms with Crippen molar-refractivity contribution >= 4 is 34.6 Å². The number of piperazine rings is 1. The van der Waals surface area contributed by atoms with Crippen LogP contribution in [0.2, 0.25) is 0 Å². The number of H-pyrrole nitrogens is 1. The van der Waals surface area contributed by atoms with Gasteiger partial charge in [0.15, 0.2) is 28.5 Å². The van der Waals surface area contributed by atoms with Gasteiger partial charge in [0.1, 0.15) is 18.1 Å². The lowest BCUT2D eigenvalue weighted by molar-refractivity contribution is -0.234. The number of likely N-dealkylation sites (N-methyl/N-ethyl adjacent to an activating group) is 1. The van der Waals surface area contributed by atoms with Crippen LogP contribution in [0.25, 0.3) is 10.9 Å². The lowest BCUT2D eigenvalue weighted by Crippen LogP contribution is -2.75. The van der Waals surface area contributed by atoms with E-state index in [2.05, 4.69) is 33.1 Å². The summed E-state index contributed by atoms with van der Waals surface area (Å²) in [7, 11) is 3.51. The van der Waals surface area contributed by atoms with Crippen LogP contribution in [0, 0.1) is 13.8 Å². The first-order chi connectivity index (χ1) is 27.3. The smallest absolute Gasteiger partial charge is 0.333 e. The number of aromatic nitrogens is 1. The summed E-state index contributed by atoms with van der Waals surface area (Å²) in [5.41, 5.74) is 9.29. The third kappa shape index (κ3) is 4.78. The highest BCUT2D eigenvalue weighted by Gasteiger charge is 2.67. The molecule has 9 heterocycles. The molecule has 0 aliphatic carbocycles. The van der Waals surface area contributed by atoms with E-state index in [4.69, 9.17) is 29.4 Å². The maximum absolute atomic E-state index is 15.1. The largest absolute Gasteiger partial charge is 0.504 e. The molecule has 14 nitrogen and oxygen atoms in total. The highest BCUT2D eigenvalue weighted by molar-refractivity contribution is 7.99. The first-order valence-electron chi connectivity index (χ1n) is 19.4. The van der Waals surface area contributed by atoms with E-state index in [0.717, 1.165) is 33.3 Å². The van der Waals surface area contributed by atoms with Crippen LogP contribution in [-0.2, 0) is 38.2 Å². The maximum atomic E-state index is 15.1. The summed E-state index contributed by atoms with van der Waals surface area (Å²) in [6.07, 6.45) is 0.784. The lowest BCUT2D eigenvalue weighted by Gasteiger charge is -2.64. The molecule has 2 fully saturated rings. The molecule has 0 saturated carbocycles. The number of nitrogens with one attached hydrogen (secondary N) is 2. The van der Waals surface area contributed by atoms with Crippen LogP contribution in [-0.4, -0.2) is 101 Å². The molecule has 0 radical (unpaired) electrons. The summed E-state index contributed by atoms with van der Waals surface area (Å²) >= 11 is 1.51. The van der Waals surface area contributed by atoms with Gasteiger partial charge in [0.05, 0.1) is 35.7 Å². The number of esters is 2. The van der Waals surface area contributed by atoms with Crippen molar-refractivity contribution in [1.29, 1.82) is 0 Å². The molecule has 4 aromatic rings. The van der Waals surface area contributed by atoms with Crippen molar-refractivity contribution in [2.45, 2.75) is 80.7 Å². The Morgan fingerprint density at radius 3 is 2.67 bits per heavy atom. The first-order valence-corrected chi connectivity index (χ1v) is 20.4. The van der Waals surface area contributed by atoms with Crippen LogP contribution in [0.4, 0.5) is 0 Å². The number of hydrogen-bond donors (Lipinski definition) is 5. The number of thioether (sulfide) groups is 1. The Balaban J connectivity index is 1.28. The number of methoxy groups -OCH3 is 1. The predicted octanol–water partition coefficient (Wildman–Crippen LogP) is 3.68. The Bertz CT molecular complexity index is 2420. The highest BCUT2D eigenvalue weighted by Crippen LogP contribution is 2.66. The first kappa shape index (κ1) is 36.8. The fraction of sp³-hybridized carbons (Fsp3) is 0.476. The van der Waals surface area contributed by atoms with Crippen LogP contribution >= 0.6 is 11.8 Å². The van der Waals surface area contributed by atoms with Crippen molar-refractivity contribution in [2.75, 3.05) is 46.4 Å². The monoisotopic (exact) mass is 797 g/mol. The van der Waals surface area contributed by atoms with Crippen molar-refractivity contribution in [3.8, 4) is 28.7 Å². The number of rotatable bonds is 3. The number of nitrogens with zero attached hydrogens (tertiary/aromatic N) is 2. The van der Waals surface area contributed by atoms with Gasteiger partial charge in [-0.15, -0.1) is 11.8 Å². The Morgan fingerprint density at radius 2 is 1.91 bits per heavy atom. The second-order valence-electron chi connectivity index (χ2n) is 16.6. The minimum Gasteiger partial charge on any atom is -0.504 e. The van der Waals surface area contributed by atoms with Crippen LogP contribution in [0.3, 0.4) is 0 Å². The van der Waals surface area contributed by atoms with Gasteiger partial charge >= 0.3 is 11.9 Å². The highest BCUT2D eigenvalue weighted by atomic mass is 32.2. The van der Waals surface area contributed by atoms with Crippen LogP contribution < -0.4 is 30.0 Å². The fourth-order valence-corrected chi connectivity index (χ4v) is 13.0. The van der Waals surface area contributed by atoms with Gasteiger partial charge in [0.25, 0.3) is 0 Å². The zero-order valence-electron chi connectivity index (χ0n) is 32.8. The van der Waals surface area contributed by atoms with Gasteiger partial charge in [-0.05, 0) is 57.0 Å². The number of aryl methyl sites for hydroxylation is 1. The van der Waals surface area contributed by atoms with E-state index in [0.29, 0.717) is 51.7 Å². The number of nitrogens with two attached hydrogens (primary N) is 1. The minimum atomic E-state index is -1.53. The van der Waals surface area contributed by atoms with E-state index in [-0.39, 0.29) is 50.5 Å². The average molecular weight is 798 g/mol. The normalized spacial score (nSPS) is 32.3. The zero-order valence-corrected chi connectivity index (χ0v) is 33.6. The van der Waals surface area contributed by atoms with E-state index in [1.165, 1.54) is 18.7 Å². The second-order valence-corrected chi connectivity index (χ2v) is 17.8. The summed E-state index contributed by atoms with van der Waals surface area (Å²) in [6.45, 7) is 7.45. The number of carbonyl (C=O) groups excluding carboxylic acids is 2. The molecule has 1 spiro atoms. The molecule has 6 N–H and O–H groups in total. The van der Waals surface area contributed by atoms with Crippen molar-refractivity contribution in [3.63, 3.8) is 0 Å². The SMILES string of the molecule is COc1c(C)cc2c(c1O)[C@@]1(C)[C@@H]3[C@@H]4SC[C@]5(N[C@@H](CN)Cc6c5[nH]c5ccccc65)C(=O)OC[C@@H](c5c6c(c(C)c(OC(C)=O)c54)OCO6)N3C(O)(C2)CN1C. The van der Waals surface area contributed by atoms with Crippen LogP contribution in [0.5, 0.6) is 28.7 Å². The molecular weight excluding hydrogens is 751 g/mol. The van der Waals surface area contributed by atoms with Gasteiger partial charge in [-0.2, -0.15) is 0 Å². The summed E-state index contributed by atoms with van der Waals surface area (Å²) in [5, 5.41) is 29.6. The van der Waals surface area contributed by atoms with Crippen LogP contribution in [0.15, 0.2) is 30.3 Å². The quantitative estimate of drug-likeness (QED) is 0.150. The van der Waals surface area contributed by atoms with E-state index in [1.54, 1.807) is 7.11 Å². The molecule has 3 aromatic carbocycles. The summed E-state index contributed by atoms with van der Waals surface area (Å²) in [4.78, 5) is 35.9. The predicted molar refractivity (Wildman–Crippen MR) is 211 cm³/mol. The molecule has 2 saturated heterocycles. The summed E-state index contributed by atoms with van der Waals surface area (Å²) in [6, 6.07) is 8.36. The number of hydrogen-bond acceptors (Lipinski definition) is 14. The number of phenols is 1. The number of carbonyl (C=O) groups is 2. The number of para-hydroxylation sites is 1. The average Bonchev–Trinajstić information content (AvgIpc) is 3.78. The van der Waals surface area contributed by atoms with Crippen molar-refractivity contribution in [2.24, 2.45) is 5.73 Å². The van der Waals surface area contributed by atoms with Gasteiger partial charge < -0.3 is 44.6 Å². The van der Waals surface area contributed by atoms with Gasteiger partial charge in [0.2, 0.25) is 6.79 Å². The molecule has 8 atom stereocenters. The lowest BCUT2D eigenvalue weighted by atomic mass is 9.71. The second kappa shape index (κ2) is 12.5. The Kier molecular flexibility index (Phi) is 8.07. The summed E-state index contributed by atoms with van der Waals surface area (Å²) < 4.78 is 30.9. The van der Waals surface area contributed by atoms with E-state index in [1.807, 2.05) is 45.2 Å². The Morgan fingerprint density at radius 1 is 1.14 bits per heavy atom. The third-order valence-electron chi connectivity index (χ3n) is 13.5. The third-order valence-corrected chi connectivity index (χ3v) is 15.0. The molecule has 57 heavy (non-hydrogen) atoms. The van der Waals surface area contributed by atoms with Gasteiger partial charge in [-0.1, -0.05) is 24.3 Å². The Labute approximate surface area is 333 Å². The minimum absolute atomic E-state index is 0.0126. The zero-order chi connectivity index (χ0) is 39.9. The number of fused-ring (bicyclic) bond motifs is 8. The van der Waals surface area contributed by atoms with Crippen molar-refractivity contribution in [3.05, 3.63) is 75.0 Å². The Hall–Kier alpha value is -4.51. The number of aliphatic hydroxyl groups is 1. The molecule has 4 bridgehead atoms. The van der Waals surface area contributed by atoms with Gasteiger partial charge in [-0.3, -0.25) is 19.9 Å². The number of aromatic amines is 1. The number of benzene rings is 3. The molecule has 300 valence electrons. The number of phenolic OH excluding ortho intramolecular Hbond substituents is 1. The number of aromatic hydroxyl groups is 1. The molecule has 8 aliphatic heterocycles. The fourth-order valence-electron chi connectivity index (χ4n) is 11.2. The molecule has 1 aromatic heterocycles. The van der Waals surface area contributed by atoms with E-state index < -0.39 is 46.1 Å². The van der Waals surface area contributed by atoms with E-state index >= 15 is 4.79 Å². The summed E-state index contributed by atoms with van der Waals surface area (Å²) in [5.74, 6) is 0.824. The van der Waals surface area contributed by atoms with Crippen molar-refractivity contribution in [1.82, 2.24) is 20.1 Å². The molecule has 15 heteroatoms. The van der Waals surface area contributed by atoms with Crippen molar-refractivity contribution < 1.29 is 43.5 Å². The van der Waals surface area contributed by atoms with Gasteiger partial charge in [-0.25, -0.2) is 4.79 Å². The molecule has 0 amide bonds. The van der Waals surface area contributed by atoms with Gasteiger partial charge in [0, 0.05) is 71.4 Å². The topological polar surface area (TPSA) is 181 Å². The standard InChI is InChI=1S/C42H47N5O9S/c1-19-11-22-13-41(51)16-46(5)40(4,30(22)31(49)32(19)52-6)38-36-29-28(35-34(54-18-55-35)20(2)33(29)56-21(3)48)27(47(38)41)15-53-39(50)42(17-57-36)37-25(12-23(14-43)45-42)24-9-7-8-10-26(24)44-37/h7-11,23,27,36,38,44-45,49,51H,12-18,43H2,1-6H3/t23-,27+,36-,38+,40+,41?,42-/m1/s1.